The highest BCUT2D eigenvalue weighted by Crippen LogP contribution is 2.32. The van der Waals surface area contributed by atoms with Gasteiger partial charge in [0.2, 0.25) is 5.91 Å². The second-order valence-corrected chi connectivity index (χ2v) is 6.60. The van der Waals surface area contributed by atoms with Gasteiger partial charge in [0.15, 0.2) is 0 Å². The Hall–Kier alpha value is -1.95. The molecule has 0 N–H and O–H groups in total. The zero-order valence-corrected chi connectivity index (χ0v) is 14.0. The topological polar surface area (TPSA) is 49.9 Å². The first-order valence-corrected chi connectivity index (χ1v) is 8.51. The van der Waals surface area contributed by atoms with Crippen LogP contribution < -0.4 is 4.90 Å². The monoisotopic (exact) mass is 334 g/mol. The van der Waals surface area contributed by atoms with Gasteiger partial charge in [0.1, 0.15) is 18.0 Å². The number of hydrogen-bond acceptors (Lipinski definition) is 3. The Morgan fingerprint density at radius 3 is 2.75 bits per heavy atom. The van der Waals surface area contributed by atoms with Crippen molar-refractivity contribution in [1.29, 1.82) is 0 Å². The smallest absolute Gasteiger partial charge is 0.253 e. The fourth-order valence-corrected chi connectivity index (χ4v) is 3.50. The summed E-state index contributed by atoms with van der Waals surface area (Å²) in [5.74, 6) is -0.321. The van der Waals surface area contributed by atoms with Crippen LogP contribution in [-0.2, 0) is 14.3 Å². The van der Waals surface area contributed by atoms with Gasteiger partial charge in [-0.25, -0.2) is 4.39 Å². The summed E-state index contributed by atoms with van der Waals surface area (Å²) in [7, 11) is 0. The van der Waals surface area contributed by atoms with E-state index in [2.05, 4.69) is 0 Å². The minimum Gasteiger partial charge on any atom is -0.361 e. The summed E-state index contributed by atoms with van der Waals surface area (Å²) in [4.78, 5) is 28.0. The van der Waals surface area contributed by atoms with Crippen LogP contribution in [0.3, 0.4) is 0 Å². The van der Waals surface area contributed by atoms with Crippen molar-refractivity contribution in [2.24, 2.45) is 0 Å². The van der Waals surface area contributed by atoms with E-state index < -0.39 is 5.60 Å². The van der Waals surface area contributed by atoms with E-state index in [1.807, 2.05) is 11.8 Å². The van der Waals surface area contributed by atoms with E-state index in [0.29, 0.717) is 25.2 Å². The fourth-order valence-electron chi connectivity index (χ4n) is 3.50. The Labute approximate surface area is 141 Å². The molecule has 0 radical (unpaired) electrons. The number of carbonyl (C=O) groups is 2. The molecule has 0 aliphatic carbocycles. The van der Waals surface area contributed by atoms with Crippen LogP contribution in [0.1, 0.15) is 32.6 Å². The summed E-state index contributed by atoms with van der Waals surface area (Å²) < 4.78 is 19.0. The van der Waals surface area contributed by atoms with Crippen molar-refractivity contribution in [2.45, 2.75) is 38.2 Å². The van der Waals surface area contributed by atoms with Crippen molar-refractivity contribution in [3.8, 4) is 0 Å². The maximum Gasteiger partial charge on any atom is 0.253 e. The van der Waals surface area contributed by atoms with E-state index in [1.165, 1.54) is 12.1 Å². The molecule has 1 aromatic carbocycles. The zero-order valence-electron chi connectivity index (χ0n) is 14.0. The average molecular weight is 334 g/mol. The third kappa shape index (κ3) is 3.43. The van der Waals surface area contributed by atoms with Gasteiger partial charge in [0.25, 0.3) is 5.91 Å². The van der Waals surface area contributed by atoms with Crippen molar-refractivity contribution in [2.75, 3.05) is 31.1 Å². The number of ether oxygens (including phenoxy) is 1. The maximum atomic E-state index is 13.1. The number of anilines is 1. The normalized spacial score (nSPS) is 24.5. The van der Waals surface area contributed by atoms with Crippen LogP contribution in [0.2, 0.25) is 0 Å². The SMILES string of the molecule is CCCC(=O)N1CCCC2(C1)CN(c1ccc(F)cc1)C(=O)CO2. The highest BCUT2D eigenvalue weighted by Gasteiger charge is 2.44. The number of piperidine rings is 1. The molecule has 2 fully saturated rings. The number of halogens is 1. The summed E-state index contributed by atoms with van der Waals surface area (Å²) in [5.41, 5.74) is 0.144. The predicted molar refractivity (Wildman–Crippen MR) is 88.2 cm³/mol. The lowest BCUT2D eigenvalue weighted by molar-refractivity contribution is -0.153. The molecule has 0 saturated carbocycles. The third-order valence-corrected chi connectivity index (χ3v) is 4.74. The summed E-state index contributed by atoms with van der Waals surface area (Å²) in [6.45, 7) is 3.63. The highest BCUT2D eigenvalue weighted by molar-refractivity contribution is 5.95. The van der Waals surface area contributed by atoms with Crippen LogP contribution >= 0.6 is 0 Å². The van der Waals surface area contributed by atoms with Gasteiger partial charge in [0, 0.05) is 18.7 Å². The van der Waals surface area contributed by atoms with Crippen LogP contribution in [0, 0.1) is 5.82 Å². The highest BCUT2D eigenvalue weighted by atomic mass is 19.1. The molecule has 24 heavy (non-hydrogen) atoms. The minimum absolute atomic E-state index is 0.00676. The summed E-state index contributed by atoms with van der Waals surface area (Å²) in [6, 6.07) is 5.91. The lowest BCUT2D eigenvalue weighted by Gasteiger charge is -2.47. The number of likely N-dealkylation sites (tertiary alicyclic amines) is 1. The van der Waals surface area contributed by atoms with E-state index in [1.54, 1.807) is 17.0 Å². The Morgan fingerprint density at radius 2 is 2.04 bits per heavy atom. The molecule has 130 valence electrons. The number of benzene rings is 1. The van der Waals surface area contributed by atoms with Crippen LogP contribution in [-0.4, -0.2) is 48.6 Å². The first kappa shape index (κ1) is 16.9. The van der Waals surface area contributed by atoms with Crippen LogP contribution in [0.25, 0.3) is 0 Å². The first-order valence-electron chi connectivity index (χ1n) is 8.51. The van der Waals surface area contributed by atoms with Gasteiger partial charge in [-0.15, -0.1) is 0 Å². The summed E-state index contributed by atoms with van der Waals surface area (Å²) in [6.07, 6.45) is 3.04. The molecule has 1 spiro atoms. The minimum atomic E-state index is -0.524. The Balaban J connectivity index is 1.77. The number of nitrogens with zero attached hydrogens (tertiary/aromatic N) is 2. The quantitative estimate of drug-likeness (QED) is 0.853. The average Bonchev–Trinajstić information content (AvgIpc) is 2.59. The van der Waals surface area contributed by atoms with Gasteiger partial charge in [-0.2, -0.15) is 0 Å². The number of hydrogen-bond donors (Lipinski definition) is 0. The van der Waals surface area contributed by atoms with E-state index in [4.69, 9.17) is 4.74 Å². The van der Waals surface area contributed by atoms with Gasteiger partial charge >= 0.3 is 0 Å². The van der Waals surface area contributed by atoms with Gasteiger partial charge in [-0.1, -0.05) is 6.92 Å². The van der Waals surface area contributed by atoms with Gasteiger partial charge in [0.05, 0.1) is 13.1 Å². The zero-order chi connectivity index (χ0) is 17.2. The fraction of sp³-hybridized carbons (Fsp3) is 0.556. The number of carbonyl (C=O) groups excluding carboxylic acids is 2. The molecule has 1 atom stereocenters. The molecule has 2 aliphatic heterocycles. The van der Waals surface area contributed by atoms with Crippen LogP contribution in [0.5, 0.6) is 0 Å². The third-order valence-electron chi connectivity index (χ3n) is 4.74. The molecule has 2 saturated heterocycles. The molecule has 1 aromatic rings. The van der Waals surface area contributed by atoms with Crippen molar-refractivity contribution >= 4 is 17.5 Å². The molecule has 1 unspecified atom stereocenters. The maximum absolute atomic E-state index is 13.1. The van der Waals surface area contributed by atoms with Crippen LogP contribution in [0.4, 0.5) is 10.1 Å². The number of rotatable bonds is 3. The molecule has 0 bridgehead atoms. The number of amides is 2. The van der Waals surface area contributed by atoms with E-state index in [0.717, 1.165) is 25.8 Å². The number of morpholine rings is 1. The largest absolute Gasteiger partial charge is 0.361 e. The van der Waals surface area contributed by atoms with E-state index >= 15 is 0 Å². The molecule has 2 aliphatic rings. The summed E-state index contributed by atoms with van der Waals surface area (Å²) in [5, 5.41) is 0. The predicted octanol–water partition coefficient (Wildman–Crippen LogP) is 2.35. The Bertz CT molecular complexity index is 619. The van der Waals surface area contributed by atoms with Gasteiger partial charge in [-0.3, -0.25) is 9.59 Å². The van der Waals surface area contributed by atoms with E-state index in [9.17, 15) is 14.0 Å². The van der Waals surface area contributed by atoms with Crippen molar-refractivity contribution < 1.29 is 18.7 Å². The molecule has 3 rings (SSSR count). The van der Waals surface area contributed by atoms with Crippen molar-refractivity contribution in [1.82, 2.24) is 4.90 Å². The molecule has 2 amide bonds. The second-order valence-electron chi connectivity index (χ2n) is 6.60. The standard InChI is InChI=1S/C18H23FN2O3/c1-2-4-16(22)20-10-3-9-18(12-20)13-21(17(23)11-24-18)15-7-5-14(19)6-8-15/h5-8H,2-4,9-13H2,1H3. The van der Waals surface area contributed by atoms with E-state index in [-0.39, 0.29) is 24.2 Å². The van der Waals surface area contributed by atoms with Gasteiger partial charge in [-0.05, 0) is 43.5 Å². The summed E-state index contributed by atoms with van der Waals surface area (Å²) >= 11 is 0. The van der Waals surface area contributed by atoms with Crippen molar-refractivity contribution in [3.05, 3.63) is 30.1 Å². The van der Waals surface area contributed by atoms with Crippen molar-refractivity contribution in [3.63, 3.8) is 0 Å². The molecular formula is C18H23FN2O3. The molecule has 5 nitrogen and oxygen atoms in total. The Morgan fingerprint density at radius 1 is 1.29 bits per heavy atom. The second kappa shape index (κ2) is 6.89. The molecular weight excluding hydrogens is 311 g/mol. The molecule has 6 heteroatoms. The first-order chi connectivity index (χ1) is 11.5. The molecule has 2 heterocycles. The van der Waals surface area contributed by atoms with Gasteiger partial charge < -0.3 is 14.5 Å². The lowest BCUT2D eigenvalue weighted by atomic mass is 9.90. The lowest BCUT2D eigenvalue weighted by Crippen LogP contribution is -2.62. The van der Waals surface area contributed by atoms with Crippen LogP contribution in [0.15, 0.2) is 24.3 Å². The molecule has 0 aromatic heterocycles. The Kier molecular flexibility index (Phi) is 4.85.